The van der Waals surface area contributed by atoms with Crippen LogP contribution in [0.1, 0.15) is 31.2 Å². The molecule has 224 valence electrons. The summed E-state index contributed by atoms with van der Waals surface area (Å²) in [7, 11) is 0. The van der Waals surface area contributed by atoms with Crippen molar-refractivity contribution in [3.05, 3.63) is 84.3 Å². The van der Waals surface area contributed by atoms with Crippen LogP contribution in [0.25, 0.3) is 32.9 Å². The average molecular weight is 591 g/mol. The average Bonchev–Trinajstić information content (AvgIpc) is 3.64. The number of ether oxygens (including phenoxy) is 1. The number of nitrogens with zero attached hydrogens (tertiary/aromatic N) is 5. The van der Waals surface area contributed by atoms with E-state index in [1.165, 1.54) is 5.56 Å². The van der Waals surface area contributed by atoms with Crippen molar-refractivity contribution in [2.75, 3.05) is 31.1 Å². The molecule has 44 heavy (non-hydrogen) atoms. The summed E-state index contributed by atoms with van der Waals surface area (Å²) in [6, 6.07) is 22.5. The van der Waals surface area contributed by atoms with Crippen LogP contribution in [-0.2, 0) is 6.54 Å². The van der Waals surface area contributed by atoms with Gasteiger partial charge in [-0.15, -0.1) is 0 Å². The van der Waals surface area contributed by atoms with Crippen LogP contribution in [0.3, 0.4) is 0 Å². The number of anilines is 1. The van der Waals surface area contributed by atoms with Gasteiger partial charge >= 0.3 is 6.01 Å². The standard InChI is InChI=1S/C35H35FN6O2/c36-31-32(29-16-27(43)15-23-9-4-5-11-28(23)29)37-17-30-33(31)39-35(40-34(30)42-19-24-12-13-25(20-42)38-24)44-21-26-10-6-14-41(26)18-22-7-2-1-3-8-22/h1-5,7-9,11,15-17,24-26,38,43H,6,10,12-14,18-21H2/t24?,25?,26-/m0/s1. The molecule has 0 amide bonds. The van der Waals surface area contributed by atoms with Gasteiger partial charge in [-0.25, -0.2) is 4.39 Å². The highest BCUT2D eigenvalue weighted by atomic mass is 19.1. The van der Waals surface area contributed by atoms with Gasteiger partial charge < -0.3 is 20.1 Å². The number of rotatable bonds is 7. The lowest BCUT2D eigenvalue weighted by molar-refractivity contribution is 0.160. The Morgan fingerprint density at radius 2 is 1.73 bits per heavy atom. The second kappa shape index (κ2) is 11.3. The van der Waals surface area contributed by atoms with Crippen LogP contribution in [0.15, 0.2) is 72.9 Å². The molecule has 0 aliphatic carbocycles. The minimum atomic E-state index is -0.545. The van der Waals surface area contributed by atoms with Crippen LogP contribution in [-0.4, -0.2) is 69.3 Å². The molecule has 2 unspecified atom stereocenters. The molecule has 3 aromatic carbocycles. The number of phenols is 1. The van der Waals surface area contributed by atoms with Crippen molar-refractivity contribution in [2.45, 2.75) is 50.4 Å². The predicted molar refractivity (Wildman–Crippen MR) is 169 cm³/mol. The van der Waals surface area contributed by atoms with Crippen LogP contribution in [0.4, 0.5) is 10.2 Å². The third-order valence-corrected chi connectivity index (χ3v) is 9.39. The summed E-state index contributed by atoms with van der Waals surface area (Å²) in [5.41, 5.74) is 2.12. The first-order valence-electron chi connectivity index (χ1n) is 15.6. The molecule has 5 heterocycles. The maximum Gasteiger partial charge on any atom is 0.319 e. The van der Waals surface area contributed by atoms with Crippen molar-refractivity contribution in [1.29, 1.82) is 0 Å². The smallest absolute Gasteiger partial charge is 0.319 e. The van der Waals surface area contributed by atoms with Crippen molar-refractivity contribution in [1.82, 2.24) is 25.2 Å². The minimum absolute atomic E-state index is 0.0558. The molecule has 0 spiro atoms. The second-order valence-corrected chi connectivity index (χ2v) is 12.3. The first kappa shape index (κ1) is 27.2. The number of hydrogen-bond acceptors (Lipinski definition) is 8. The lowest BCUT2D eigenvalue weighted by atomic mass is 10.0. The Balaban J connectivity index is 1.17. The minimum Gasteiger partial charge on any atom is -0.508 e. The molecule has 3 aliphatic rings. The number of halogens is 1. The number of aromatic nitrogens is 3. The van der Waals surface area contributed by atoms with Gasteiger partial charge in [0.05, 0.1) is 5.39 Å². The van der Waals surface area contributed by atoms with Gasteiger partial charge in [-0.3, -0.25) is 9.88 Å². The van der Waals surface area contributed by atoms with Crippen molar-refractivity contribution in [2.24, 2.45) is 0 Å². The van der Waals surface area contributed by atoms with E-state index < -0.39 is 5.82 Å². The molecule has 2 bridgehead atoms. The van der Waals surface area contributed by atoms with Gasteiger partial charge in [0.1, 0.15) is 29.4 Å². The van der Waals surface area contributed by atoms with Gasteiger partial charge in [0.25, 0.3) is 0 Å². The van der Waals surface area contributed by atoms with Gasteiger partial charge in [0.15, 0.2) is 5.82 Å². The van der Waals surface area contributed by atoms with Crippen LogP contribution in [0.5, 0.6) is 11.8 Å². The van der Waals surface area contributed by atoms with E-state index in [4.69, 9.17) is 9.72 Å². The van der Waals surface area contributed by atoms with E-state index in [0.29, 0.717) is 35.5 Å². The highest BCUT2D eigenvalue weighted by molar-refractivity contribution is 5.99. The van der Waals surface area contributed by atoms with Crippen molar-refractivity contribution in [3.63, 3.8) is 0 Å². The van der Waals surface area contributed by atoms with E-state index in [1.54, 1.807) is 18.3 Å². The van der Waals surface area contributed by atoms with E-state index >= 15 is 4.39 Å². The molecule has 9 heteroatoms. The number of pyridine rings is 1. The van der Waals surface area contributed by atoms with E-state index in [-0.39, 0.29) is 29.0 Å². The molecule has 3 atom stereocenters. The fraction of sp³-hybridized carbons (Fsp3) is 0.343. The fourth-order valence-electron chi connectivity index (χ4n) is 7.26. The molecule has 2 aromatic heterocycles. The number of piperazine rings is 1. The van der Waals surface area contributed by atoms with E-state index in [2.05, 4.69) is 49.4 Å². The lowest BCUT2D eigenvalue weighted by Gasteiger charge is -2.34. The third-order valence-electron chi connectivity index (χ3n) is 9.39. The zero-order chi connectivity index (χ0) is 29.6. The number of nitrogens with one attached hydrogen (secondary N) is 1. The molecular weight excluding hydrogens is 555 g/mol. The van der Waals surface area contributed by atoms with Gasteiger partial charge in [-0.2, -0.15) is 9.97 Å². The summed E-state index contributed by atoms with van der Waals surface area (Å²) in [6.45, 7) is 3.88. The molecule has 5 aromatic rings. The summed E-state index contributed by atoms with van der Waals surface area (Å²) in [6.07, 6.45) is 6.05. The summed E-state index contributed by atoms with van der Waals surface area (Å²) >= 11 is 0. The van der Waals surface area contributed by atoms with Gasteiger partial charge in [0, 0.05) is 49.5 Å². The zero-order valence-electron chi connectivity index (χ0n) is 24.5. The van der Waals surface area contributed by atoms with Gasteiger partial charge in [0.2, 0.25) is 0 Å². The highest BCUT2D eigenvalue weighted by Crippen LogP contribution is 2.37. The first-order valence-corrected chi connectivity index (χ1v) is 15.6. The maximum atomic E-state index is 16.6. The summed E-state index contributed by atoms with van der Waals surface area (Å²) < 4.78 is 22.9. The van der Waals surface area contributed by atoms with Crippen LogP contribution < -0.4 is 15.0 Å². The topological polar surface area (TPSA) is 86.6 Å². The van der Waals surface area contributed by atoms with Crippen molar-refractivity contribution >= 4 is 27.5 Å². The number of phenolic OH excluding ortho intramolecular Hbond substituents is 1. The Morgan fingerprint density at radius 1 is 0.932 bits per heavy atom. The molecule has 8 nitrogen and oxygen atoms in total. The van der Waals surface area contributed by atoms with Crippen LogP contribution in [0, 0.1) is 5.82 Å². The SMILES string of the molecule is Oc1cc(-c2ncc3c(N4CC5CCC(C4)N5)nc(OC[C@@H]4CCCN4Cc4ccccc4)nc3c2F)c2ccccc2c1. The van der Waals surface area contributed by atoms with E-state index in [9.17, 15) is 5.11 Å². The normalized spacial score (nSPS) is 21.8. The Labute approximate surface area is 255 Å². The summed E-state index contributed by atoms with van der Waals surface area (Å²) in [5, 5.41) is 16.3. The molecule has 3 aliphatic heterocycles. The van der Waals surface area contributed by atoms with Crippen LogP contribution >= 0.6 is 0 Å². The summed E-state index contributed by atoms with van der Waals surface area (Å²) in [5.74, 6) is 0.173. The Bertz CT molecular complexity index is 1820. The van der Waals surface area contributed by atoms with Crippen LogP contribution in [0.2, 0.25) is 0 Å². The Hall–Kier alpha value is -4.34. The Morgan fingerprint density at radius 3 is 2.57 bits per heavy atom. The predicted octanol–water partition coefficient (Wildman–Crippen LogP) is 5.67. The number of benzene rings is 3. The first-order chi connectivity index (χ1) is 21.6. The van der Waals surface area contributed by atoms with Crippen molar-refractivity contribution < 1.29 is 14.2 Å². The molecule has 3 saturated heterocycles. The molecule has 3 fully saturated rings. The van der Waals surface area contributed by atoms with Gasteiger partial charge in [-0.05, 0) is 60.7 Å². The van der Waals surface area contributed by atoms with E-state index in [1.807, 2.05) is 30.3 Å². The largest absolute Gasteiger partial charge is 0.508 e. The van der Waals surface area contributed by atoms with Gasteiger partial charge in [-0.1, -0.05) is 54.6 Å². The zero-order valence-corrected chi connectivity index (χ0v) is 24.5. The molecule has 2 N–H and O–H groups in total. The number of likely N-dealkylation sites (tertiary alicyclic amines) is 1. The number of fused-ring (bicyclic) bond motifs is 4. The summed E-state index contributed by atoms with van der Waals surface area (Å²) in [4.78, 5) is 18.9. The Kier molecular flexibility index (Phi) is 6.99. The maximum absolute atomic E-state index is 16.6. The highest BCUT2D eigenvalue weighted by Gasteiger charge is 2.34. The number of aromatic hydroxyl groups is 1. The quantitative estimate of drug-likeness (QED) is 0.251. The second-order valence-electron chi connectivity index (χ2n) is 12.3. The molecular formula is C35H35FN6O2. The monoisotopic (exact) mass is 590 g/mol. The lowest BCUT2D eigenvalue weighted by Crippen LogP contribution is -2.51. The third kappa shape index (κ3) is 5.10. The molecule has 0 saturated carbocycles. The molecule has 8 rings (SSSR count). The molecule has 0 radical (unpaired) electrons. The fourth-order valence-corrected chi connectivity index (χ4v) is 7.26. The number of hydrogen-bond donors (Lipinski definition) is 2. The van der Waals surface area contributed by atoms with Crippen molar-refractivity contribution in [3.8, 4) is 23.0 Å². The van der Waals surface area contributed by atoms with E-state index in [0.717, 1.165) is 62.6 Å².